The second-order valence-electron chi connectivity index (χ2n) is 7.04. The third kappa shape index (κ3) is 6.11. The molecule has 13 heteroatoms. The van der Waals surface area contributed by atoms with E-state index in [1.165, 1.54) is 32.1 Å². The molecule has 2 heterocycles. The summed E-state index contributed by atoms with van der Waals surface area (Å²) in [5.41, 5.74) is 5.57. The van der Waals surface area contributed by atoms with Gasteiger partial charge in [0.05, 0.1) is 30.4 Å². The molecule has 1 saturated heterocycles. The quantitative estimate of drug-likeness (QED) is 0.350. The molecular formula is C19H26N5O6PS. The number of para-hydroxylation sites is 1. The standard InChI is InChI=1S/C19H26N5O6PS/c1-12(18(26)28-3)23-31(27,30-14-7-5-4-6-8-14)29-10-16-15(25)9-17(32-16)24-11-21-19(20)22-13(24)2/h4-8,11-12,15-17,25H,2,9-10H2,1,3H3,(H2,20,22)(H,23,27)/t12-,15+,16+,17+,31?/m0/s1. The molecule has 0 aromatic heterocycles. The maximum Gasteiger partial charge on any atom is 0.459 e. The highest BCUT2D eigenvalue weighted by Gasteiger charge is 2.40. The number of aliphatic hydroxyl groups excluding tert-OH is 1. The zero-order valence-electron chi connectivity index (χ0n) is 17.7. The average molecular weight is 483 g/mol. The summed E-state index contributed by atoms with van der Waals surface area (Å²) in [7, 11) is -2.76. The number of ether oxygens (including phenoxy) is 1. The zero-order valence-corrected chi connectivity index (χ0v) is 19.4. The number of rotatable bonds is 9. The number of nitrogens with zero attached hydrogens (tertiary/aromatic N) is 3. The molecule has 1 fully saturated rings. The van der Waals surface area contributed by atoms with Crippen molar-refractivity contribution in [2.45, 2.75) is 36.1 Å². The number of thioether (sulfide) groups is 1. The van der Waals surface area contributed by atoms with E-state index >= 15 is 0 Å². The SMILES string of the molecule is C=C1N=C(N)N=CN1[C@H]1C[C@@H](O)[C@@H](COP(=O)(N[C@@H](C)C(=O)OC)Oc2ccccc2)S1. The number of carbonyl (C=O) groups is 1. The lowest BCUT2D eigenvalue weighted by Crippen LogP contribution is -2.35. The second kappa shape index (κ2) is 10.5. The van der Waals surface area contributed by atoms with E-state index in [9.17, 15) is 14.5 Å². The van der Waals surface area contributed by atoms with E-state index in [2.05, 4.69) is 26.4 Å². The van der Waals surface area contributed by atoms with Gasteiger partial charge in [-0.05, 0) is 19.1 Å². The van der Waals surface area contributed by atoms with Crippen molar-refractivity contribution in [3.63, 3.8) is 0 Å². The van der Waals surface area contributed by atoms with E-state index in [1.807, 2.05) is 0 Å². The van der Waals surface area contributed by atoms with Gasteiger partial charge in [-0.1, -0.05) is 24.8 Å². The number of nitrogens with two attached hydrogens (primary N) is 1. The molecule has 1 unspecified atom stereocenters. The molecule has 1 aromatic carbocycles. The number of methoxy groups -OCH3 is 1. The Morgan fingerprint density at radius 2 is 2.19 bits per heavy atom. The molecule has 5 atom stereocenters. The molecule has 0 bridgehead atoms. The number of hydrogen-bond donors (Lipinski definition) is 3. The Labute approximate surface area is 190 Å². The first kappa shape index (κ1) is 24.3. The normalized spacial score (nSPS) is 25.7. The Hall–Kier alpha value is -2.37. The number of aliphatic imine (C=N–C) groups is 2. The number of nitrogens with one attached hydrogen (secondary N) is 1. The fourth-order valence-corrected chi connectivity index (χ4v) is 6.11. The first-order valence-corrected chi connectivity index (χ1v) is 12.2. The van der Waals surface area contributed by atoms with Crippen LogP contribution in [0.1, 0.15) is 13.3 Å². The highest BCUT2D eigenvalue weighted by atomic mass is 32.2. The predicted octanol–water partition coefficient (Wildman–Crippen LogP) is 1.66. The minimum absolute atomic E-state index is 0.101. The van der Waals surface area contributed by atoms with E-state index in [1.54, 1.807) is 35.2 Å². The number of esters is 1. The van der Waals surface area contributed by atoms with Gasteiger partial charge in [0, 0.05) is 6.42 Å². The molecular weight excluding hydrogens is 457 g/mol. The molecule has 0 spiro atoms. The lowest BCUT2D eigenvalue weighted by molar-refractivity contribution is -0.142. The van der Waals surface area contributed by atoms with Gasteiger partial charge in [-0.2, -0.15) is 10.1 Å². The van der Waals surface area contributed by atoms with Gasteiger partial charge in [-0.25, -0.2) is 9.56 Å². The van der Waals surface area contributed by atoms with Crippen LogP contribution in [0.4, 0.5) is 0 Å². The number of guanidine groups is 1. The van der Waals surface area contributed by atoms with Crippen molar-refractivity contribution in [2.75, 3.05) is 13.7 Å². The molecule has 0 radical (unpaired) electrons. The number of carbonyl (C=O) groups excluding carboxylic acids is 1. The lowest BCUT2D eigenvalue weighted by Gasteiger charge is -2.27. The summed E-state index contributed by atoms with van der Waals surface area (Å²) in [5.74, 6) is 0.202. The zero-order chi connectivity index (χ0) is 23.3. The molecule has 0 amide bonds. The van der Waals surface area contributed by atoms with Gasteiger partial charge in [-0.15, -0.1) is 11.8 Å². The maximum absolute atomic E-state index is 13.4. The van der Waals surface area contributed by atoms with Crippen molar-refractivity contribution in [3.05, 3.63) is 42.7 Å². The van der Waals surface area contributed by atoms with Crippen LogP contribution in [0, 0.1) is 0 Å². The molecule has 2 aliphatic rings. The molecule has 3 rings (SSSR count). The topological polar surface area (TPSA) is 148 Å². The van der Waals surface area contributed by atoms with Crippen LogP contribution in [-0.2, 0) is 18.6 Å². The monoisotopic (exact) mass is 483 g/mol. The lowest BCUT2D eigenvalue weighted by atomic mass is 10.2. The number of benzene rings is 1. The number of aliphatic hydroxyl groups is 1. The van der Waals surface area contributed by atoms with Gasteiger partial charge in [0.25, 0.3) is 0 Å². The largest absolute Gasteiger partial charge is 0.468 e. The van der Waals surface area contributed by atoms with Crippen LogP contribution in [0.5, 0.6) is 5.75 Å². The van der Waals surface area contributed by atoms with Gasteiger partial charge >= 0.3 is 13.7 Å². The first-order valence-electron chi connectivity index (χ1n) is 9.74. The molecule has 0 aliphatic carbocycles. The summed E-state index contributed by atoms with van der Waals surface area (Å²) in [4.78, 5) is 21.5. The van der Waals surface area contributed by atoms with E-state index in [-0.39, 0.29) is 17.9 Å². The van der Waals surface area contributed by atoms with Crippen molar-refractivity contribution in [1.29, 1.82) is 0 Å². The van der Waals surface area contributed by atoms with E-state index in [0.29, 0.717) is 18.0 Å². The van der Waals surface area contributed by atoms with Gasteiger partial charge in [0.1, 0.15) is 24.0 Å². The summed E-state index contributed by atoms with van der Waals surface area (Å²) >= 11 is 1.40. The van der Waals surface area contributed by atoms with Gasteiger partial charge < -0.3 is 25.0 Å². The molecule has 4 N–H and O–H groups in total. The first-order chi connectivity index (χ1) is 15.2. The minimum atomic E-state index is -3.99. The van der Waals surface area contributed by atoms with Crippen molar-refractivity contribution in [2.24, 2.45) is 15.7 Å². The minimum Gasteiger partial charge on any atom is -0.468 e. The summed E-state index contributed by atoms with van der Waals surface area (Å²) in [6.07, 6.45) is 1.15. The molecule has 2 aliphatic heterocycles. The summed E-state index contributed by atoms with van der Waals surface area (Å²) in [6, 6.07) is 7.50. The Morgan fingerprint density at radius 1 is 1.47 bits per heavy atom. The second-order valence-corrected chi connectivity index (χ2v) is 10.2. The smallest absolute Gasteiger partial charge is 0.459 e. The van der Waals surface area contributed by atoms with Crippen LogP contribution in [-0.4, -0.2) is 64.8 Å². The summed E-state index contributed by atoms with van der Waals surface area (Å²) < 4.78 is 29.3. The Bertz CT molecular complexity index is 945. The van der Waals surface area contributed by atoms with Crippen LogP contribution in [0.25, 0.3) is 0 Å². The Kier molecular flexibility index (Phi) is 7.96. The van der Waals surface area contributed by atoms with E-state index in [4.69, 9.17) is 14.8 Å². The fraction of sp³-hybridized carbons (Fsp3) is 0.421. The van der Waals surface area contributed by atoms with Crippen molar-refractivity contribution in [1.82, 2.24) is 9.99 Å². The van der Waals surface area contributed by atoms with Crippen LogP contribution < -0.4 is 15.3 Å². The third-order valence-electron chi connectivity index (χ3n) is 4.65. The highest BCUT2D eigenvalue weighted by molar-refractivity contribution is 8.00. The van der Waals surface area contributed by atoms with E-state index < -0.39 is 31.1 Å². The fourth-order valence-electron chi connectivity index (χ4n) is 3.03. The van der Waals surface area contributed by atoms with Gasteiger partial charge in [0.2, 0.25) is 5.96 Å². The van der Waals surface area contributed by atoms with Crippen molar-refractivity contribution in [3.8, 4) is 5.75 Å². The Morgan fingerprint density at radius 3 is 2.84 bits per heavy atom. The van der Waals surface area contributed by atoms with Gasteiger partial charge in [-0.3, -0.25) is 9.32 Å². The van der Waals surface area contributed by atoms with Crippen molar-refractivity contribution >= 4 is 37.8 Å². The van der Waals surface area contributed by atoms with E-state index in [0.717, 1.165) is 0 Å². The van der Waals surface area contributed by atoms with Gasteiger partial charge in [0.15, 0.2) is 0 Å². The highest BCUT2D eigenvalue weighted by Crippen LogP contribution is 2.47. The Balaban J connectivity index is 1.67. The summed E-state index contributed by atoms with van der Waals surface area (Å²) in [5, 5.41) is 12.5. The van der Waals surface area contributed by atoms with Crippen LogP contribution in [0.15, 0.2) is 52.7 Å². The van der Waals surface area contributed by atoms with Crippen LogP contribution >= 0.6 is 19.5 Å². The maximum atomic E-state index is 13.4. The summed E-state index contributed by atoms with van der Waals surface area (Å²) in [6.45, 7) is 5.24. The molecule has 32 heavy (non-hydrogen) atoms. The van der Waals surface area contributed by atoms with Crippen LogP contribution in [0.3, 0.4) is 0 Å². The molecule has 1 aromatic rings. The van der Waals surface area contributed by atoms with Crippen LogP contribution in [0.2, 0.25) is 0 Å². The molecule has 174 valence electrons. The number of hydrogen-bond acceptors (Lipinski definition) is 11. The predicted molar refractivity (Wildman–Crippen MR) is 122 cm³/mol. The average Bonchev–Trinajstić information content (AvgIpc) is 3.12. The molecule has 11 nitrogen and oxygen atoms in total. The molecule has 0 saturated carbocycles. The third-order valence-corrected chi connectivity index (χ3v) is 7.83. The van der Waals surface area contributed by atoms with Crippen molar-refractivity contribution < 1.29 is 28.3 Å².